The van der Waals surface area contributed by atoms with Crippen LogP contribution in [0.3, 0.4) is 0 Å². The number of rotatable bonds is 4. The molecule has 2 aromatic rings. The summed E-state index contributed by atoms with van der Waals surface area (Å²) in [6, 6.07) is 0.729. The molecule has 1 saturated heterocycles. The van der Waals surface area contributed by atoms with Crippen LogP contribution in [0.2, 0.25) is 0 Å². The molecule has 1 aliphatic carbocycles. The van der Waals surface area contributed by atoms with Crippen LogP contribution in [-0.4, -0.2) is 29.0 Å². The van der Waals surface area contributed by atoms with Gasteiger partial charge in [-0.15, -0.1) is 11.3 Å². The second-order valence-corrected chi connectivity index (χ2v) is 7.29. The molecule has 21 heavy (non-hydrogen) atoms. The SMILES string of the molecule is CNCc1c(N2CCCC2C2CCCC2)nc2sccn12. The van der Waals surface area contributed by atoms with Crippen LogP contribution >= 0.6 is 11.3 Å². The first-order chi connectivity index (χ1) is 10.4. The minimum atomic E-state index is 0.729. The van der Waals surface area contributed by atoms with E-state index in [4.69, 9.17) is 4.98 Å². The average Bonchev–Trinajstić information content (AvgIpc) is 3.24. The van der Waals surface area contributed by atoms with E-state index in [9.17, 15) is 0 Å². The lowest BCUT2D eigenvalue weighted by atomic mass is 9.96. The highest BCUT2D eigenvalue weighted by Gasteiger charge is 2.35. The zero-order chi connectivity index (χ0) is 14.2. The van der Waals surface area contributed by atoms with Crippen LogP contribution < -0.4 is 10.2 Å². The average molecular weight is 304 g/mol. The fourth-order valence-electron chi connectivity index (χ4n) is 4.27. The largest absolute Gasteiger partial charge is 0.352 e. The Labute approximate surface area is 130 Å². The smallest absolute Gasteiger partial charge is 0.195 e. The Hall–Kier alpha value is -1.07. The number of fused-ring (bicyclic) bond motifs is 1. The lowest BCUT2D eigenvalue weighted by Gasteiger charge is -2.30. The molecular formula is C16H24N4S. The predicted molar refractivity (Wildman–Crippen MR) is 88.2 cm³/mol. The first-order valence-corrected chi connectivity index (χ1v) is 9.12. The molecule has 0 aromatic carbocycles. The zero-order valence-corrected chi connectivity index (χ0v) is 13.5. The summed E-state index contributed by atoms with van der Waals surface area (Å²) in [5.74, 6) is 2.14. The minimum Gasteiger partial charge on any atom is -0.352 e. The van der Waals surface area contributed by atoms with Crippen molar-refractivity contribution in [1.29, 1.82) is 0 Å². The molecule has 1 unspecified atom stereocenters. The third-order valence-electron chi connectivity index (χ3n) is 5.20. The van der Waals surface area contributed by atoms with E-state index < -0.39 is 0 Å². The molecule has 1 N–H and O–H groups in total. The van der Waals surface area contributed by atoms with Gasteiger partial charge in [0.1, 0.15) is 0 Å². The summed E-state index contributed by atoms with van der Waals surface area (Å²) in [7, 11) is 2.02. The number of aromatic nitrogens is 2. The van der Waals surface area contributed by atoms with Crippen molar-refractivity contribution in [1.82, 2.24) is 14.7 Å². The minimum absolute atomic E-state index is 0.729. The van der Waals surface area contributed by atoms with Crippen molar-refractivity contribution in [3.63, 3.8) is 0 Å². The van der Waals surface area contributed by atoms with Gasteiger partial charge in [0.05, 0.1) is 5.69 Å². The van der Waals surface area contributed by atoms with Crippen LogP contribution in [0.15, 0.2) is 11.6 Å². The molecular weight excluding hydrogens is 280 g/mol. The van der Waals surface area contributed by atoms with Gasteiger partial charge in [-0.1, -0.05) is 12.8 Å². The summed E-state index contributed by atoms with van der Waals surface area (Å²) in [6.07, 6.45) is 10.5. The third kappa shape index (κ3) is 2.27. The maximum Gasteiger partial charge on any atom is 0.195 e. The van der Waals surface area contributed by atoms with Crippen LogP contribution in [-0.2, 0) is 6.54 Å². The predicted octanol–water partition coefficient (Wildman–Crippen LogP) is 3.27. The Morgan fingerprint density at radius 3 is 2.95 bits per heavy atom. The van der Waals surface area contributed by atoms with Crippen LogP contribution in [0.1, 0.15) is 44.2 Å². The first kappa shape index (κ1) is 13.6. The summed E-state index contributed by atoms with van der Waals surface area (Å²) in [5, 5.41) is 5.45. The molecule has 0 amide bonds. The van der Waals surface area contributed by atoms with Gasteiger partial charge in [0.25, 0.3) is 0 Å². The summed E-state index contributed by atoms with van der Waals surface area (Å²) >= 11 is 1.74. The molecule has 3 heterocycles. The fourth-order valence-corrected chi connectivity index (χ4v) is 5.00. The third-order valence-corrected chi connectivity index (χ3v) is 5.96. The van der Waals surface area contributed by atoms with Crippen LogP contribution in [0, 0.1) is 5.92 Å². The van der Waals surface area contributed by atoms with E-state index in [2.05, 4.69) is 26.2 Å². The molecule has 2 aromatic heterocycles. The highest BCUT2D eigenvalue weighted by atomic mass is 32.1. The highest BCUT2D eigenvalue weighted by molar-refractivity contribution is 7.15. The van der Waals surface area contributed by atoms with E-state index in [1.807, 2.05) is 7.05 Å². The van der Waals surface area contributed by atoms with Crippen LogP contribution in [0.5, 0.6) is 0 Å². The highest BCUT2D eigenvalue weighted by Crippen LogP contribution is 2.39. The summed E-state index contributed by atoms with van der Waals surface area (Å²) in [6.45, 7) is 2.07. The van der Waals surface area contributed by atoms with Gasteiger partial charge in [-0.3, -0.25) is 4.40 Å². The Bertz CT molecular complexity index is 611. The maximum atomic E-state index is 4.96. The van der Waals surface area contributed by atoms with Crippen molar-refractivity contribution in [3.05, 3.63) is 17.3 Å². The standard InChI is InChI=1S/C16H24N4S/c1-17-11-14-15(18-16-20(14)9-10-21-16)19-8-4-7-13(19)12-5-2-3-6-12/h9-10,12-13,17H,2-8,11H2,1H3. The van der Waals surface area contributed by atoms with Gasteiger partial charge in [-0.2, -0.15) is 0 Å². The van der Waals surface area contributed by atoms with Crippen molar-refractivity contribution < 1.29 is 0 Å². The van der Waals surface area contributed by atoms with E-state index >= 15 is 0 Å². The Kier molecular flexibility index (Phi) is 3.63. The van der Waals surface area contributed by atoms with Crippen molar-refractivity contribution >= 4 is 22.1 Å². The molecule has 0 radical (unpaired) electrons. The molecule has 5 heteroatoms. The molecule has 1 aliphatic heterocycles. The van der Waals surface area contributed by atoms with Gasteiger partial charge in [0.2, 0.25) is 0 Å². The molecule has 1 saturated carbocycles. The molecule has 4 rings (SSSR count). The van der Waals surface area contributed by atoms with Gasteiger partial charge >= 0.3 is 0 Å². The van der Waals surface area contributed by atoms with Gasteiger partial charge in [-0.25, -0.2) is 4.98 Å². The van der Waals surface area contributed by atoms with E-state index in [1.54, 1.807) is 11.3 Å². The van der Waals surface area contributed by atoms with Gasteiger partial charge in [0.15, 0.2) is 10.8 Å². The van der Waals surface area contributed by atoms with E-state index in [0.29, 0.717) is 0 Å². The first-order valence-electron chi connectivity index (χ1n) is 8.24. The lowest BCUT2D eigenvalue weighted by molar-refractivity contribution is 0.429. The van der Waals surface area contributed by atoms with Crippen molar-refractivity contribution in [2.45, 2.75) is 51.1 Å². The number of thiazole rings is 1. The van der Waals surface area contributed by atoms with E-state index in [1.165, 1.54) is 56.6 Å². The normalized spacial score (nSPS) is 23.7. The number of hydrogen-bond donors (Lipinski definition) is 1. The molecule has 114 valence electrons. The van der Waals surface area contributed by atoms with E-state index in [-0.39, 0.29) is 0 Å². The molecule has 4 nitrogen and oxygen atoms in total. The van der Waals surface area contributed by atoms with Crippen LogP contribution in [0.4, 0.5) is 5.82 Å². The number of nitrogens with zero attached hydrogens (tertiary/aromatic N) is 3. The Morgan fingerprint density at radius 2 is 2.14 bits per heavy atom. The monoisotopic (exact) mass is 304 g/mol. The van der Waals surface area contributed by atoms with Crippen molar-refractivity contribution in [2.75, 3.05) is 18.5 Å². The number of anilines is 1. The Morgan fingerprint density at radius 1 is 1.29 bits per heavy atom. The second kappa shape index (κ2) is 5.61. The second-order valence-electron chi connectivity index (χ2n) is 6.42. The molecule has 0 bridgehead atoms. The summed E-state index contributed by atoms with van der Waals surface area (Å²) < 4.78 is 2.26. The summed E-state index contributed by atoms with van der Waals surface area (Å²) in [5.41, 5.74) is 1.33. The number of nitrogens with one attached hydrogen (secondary N) is 1. The molecule has 2 aliphatic rings. The fraction of sp³-hybridized carbons (Fsp3) is 0.688. The maximum absolute atomic E-state index is 4.96. The topological polar surface area (TPSA) is 32.6 Å². The van der Waals surface area contributed by atoms with Gasteiger partial charge in [0, 0.05) is 30.7 Å². The van der Waals surface area contributed by atoms with Gasteiger partial charge in [-0.05, 0) is 38.6 Å². The molecule has 2 fully saturated rings. The quantitative estimate of drug-likeness (QED) is 0.941. The zero-order valence-electron chi connectivity index (χ0n) is 12.7. The molecule has 1 atom stereocenters. The van der Waals surface area contributed by atoms with Crippen molar-refractivity contribution in [3.8, 4) is 0 Å². The van der Waals surface area contributed by atoms with Gasteiger partial charge < -0.3 is 10.2 Å². The van der Waals surface area contributed by atoms with Crippen molar-refractivity contribution in [2.24, 2.45) is 5.92 Å². The summed E-state index contributed by atoms with van der Waals surface area (Å²) in [4.78, 5) is 8.72. The number of imidazole rings is 1. The van der Waals surface area contributed by atoms with Crippen LogP contribution in [0.25, 0.3) is 4.96 Å². The lowest BCUT2D eigenvalue weighted by Crippen LogP contribution is -2.35. The molecule has 0 spiro atoms. The van der Waals surface area contributed by atoms with E-state index in [0.717, 1.165) is 23.5 Å². The number of hydrogen-bond acceptors (Lipinski definition) is 4. The Balaban J connectivity index is 1.70.